The molecule has 0 unspecified atom stereocenters. The summed E-state index contributed by atoms with van der Waals surface area (Å²) in [7, 11) is 4.62. The summed E-state index contributed by atoms with van der Waals surface area (Å²) in [4.78, 5) is 53.7. The maximum Gasteiger partial charge on any atom is 0.417 e. The van der Waals surface area contributed by atoms with E-state index in [9.17, 15) is 39.6 Å². The molecular formula is C30H30N2O10. The zero-order valence-electron chi connectivity index (χ0n) is 23.3. The third kappa shape index (κ3) is 4.30. The molecule has 42 heavy (non-hydrogen) atoms. The number of hydrogen-bond donors (Lipinski definition) is 5. The smallest absolute Gasteiger partial charge is 0.417 e. The van der Waals surface area contributed by atoms with Crippen LogP contribution in [-0.4, -0.2) is 81.6 Å². The molecule has 3 aliphatic carbocycles. The molecule has 0 heterocycles. The second-order valence-corrected chi connectivity index (χ2v) is 10.8. The predicted octanol–water partition coefficient (Wildman–Crippen LogP) is 2.69. The van der Waals surface area contributed by atoms with Gasteiger partial charge in [-0.15, -0.1) is 0 Å². The van der Waals surface area contributed by atoms with Crippen LogP contribution in [0.3, 0.4) is 0 Å². The molecule has 1 saturated carbocycles. The molecule has 0 aliphatic heterocycles. The Morgan fingerprint density at radius 1 is 1.02 bits per heavy atom. The van der Waals surface area contributed by atoms with E-state index in [1.165, 1.54) is 36.3 Å². The van der Waals surface area contributed by atoms with Gasteiger partial charge in [0.2, 0.25) is 5.78 Å². The van der Waals surface area contributed by atoms with Crippen molar-refractivity contribution in [2.75, 3.05) is 26.5 Å². The van der Waals surface area contributed by atoms with Crippen molar-refractivity contribution in [3.05, 3.63) is 64.4 Å². The van der Waals surface area contributed by atoms with E-state index in [4.69, 9.17) is 9.47 Å². The third-order valence-electron chi connectivity index (χ3n) is 8.22. The number of nitrogens with zero attached hydrogens (tertiary/aromatic N) is 1. The molecule has 2 aromatic rings. The van der Waals surface area contributed by atoms with Crippen LogP contribution in [0.2, 0.25) is 0 Å². The topological polar surface area (TPSA) is 183 Å². The number of ketones is 3. The van der Waals surface area contributed by atoms with Crippen LogP contribution in [0.5, 0.6) is 17.2 Å². The Kier molecular flexibility index (Phi) is 7.07. The van der Waals surface area contributed by atoms with E-state index in [1.807, 2.05) is 0 Å². The molecule has 0 spiro atoms. The maximum atomic E-state index is 13.9. The van der Waals surface area contributed by atoms with Gasteiger partial charge in [-0.05, 0) is 81.7 Å². The minimum Gasteiger partial charge on any atom is -0.508 e. The fourth-order valence-corrected chi connectivity index (χ4v) is 6.35. The van der Waals surface area contributed by atoms with E-state index >= 15 is 0 Å². The molecular weight excluding hydrogens is 548 g/mol. The van der Waals surface area contributed by atoms with E-state index in [0.29, 0.717) is 11.3 Å². The van der Waals surface area contributed by atoms with Gasteiger partial charge in [0.05, 0.1) is 18.7 Å². The van der Waals surface area contributed by atoms with Crippen molar-refractivity contribution in [1.29, 1.82) is 0 Å². The first-order chi connectivity index (χ1) is 19.8. The number of methoxy groups -OCH3 is 1. The summed E-state index contributed by atoms with van der Waals surface area (Å²) in [6.45, 7) is 1.05. The van der Waals surface area contributed by atoms with Gasteiger partial charge in [0.1, 0.15) is 34.3 Å². The highest BCUT2D eigenvalue weighted by atomic mass is 16.6. The molecule has 2 aromatic carbocycles. The van der Waals surface area contributed by atoms with Crippen molar-refractivity contribution in [3.8, 4) is 17.2 Å². The van der Waals surface area contributed by atoms with Gasteiger partial charge in [-0.2, -0.15) is 0 Å². The van der Waals surface area contributed by atoms with Gasteiger partial charge in [-0.3, -0.25) is 24.6 Å². The summed E-state index contributed by atoms with van der Waals surface area (Å²) in [6, 6.07) is 7.81. The first-order valence-corrected chi connectivity index (χ1v) is 13.1. The Labute approximate surface area is 240 Å². The molecule has 0 bridgehead atoms. The summed E-state index contributed by atoms with van der Waals surface area (Å²) >= 11 is 0. The quantitative estimate of drug-likeness (QED) is 0.260. The number of carbonyl (C=O) groups excluding carboxylic acids is 4. The van der Waals surface area contributed by atoms with Crippen molar-refractivity contribution in [2.45, 2.75) is 31.4 Å². The molecule has 3 aliphatic rings. The number of aliphatic hydroxyl groups is 3. The first kappa shape index (κ1) is 28.8. The lowest BCUT2D eigenvalue weighted by Crippen LogP contribution is -2.65. The summed E-state index contributed by atoms with van der Waals surface area (Å²) in [5.41, 5.74) is -3.21. The Bertz CT molecular complexity index is 1590. The predicted molar refractivity (Wildman–Crippen MR) is 148 cm³/mol. The number of rotatable bonds is 5. The number of benzene rings is 2. The van der Waals surface area contributed by atoms with Crippen molar-refractivity contribution < 1.29 is 49.1 Å². The monoisotopic (exact) mass is 578 g/mol. The molecule has 220 valence electrons. The fourth-order valence-electron chi connectivity index (χ4n) is 6.35. The van der Waals surface area contributed by atoms with Gasteiger partial charge in [-0.25, -0.2) is 4.79 Å². The number of carbonyl (C=O) groups is 4. The highest BCUT2D eigenvalue weighted by molar-refractivity contribution is 6.25. The van der Waals surface area contributed by atoms with Crippen LogP contribution < -0.4 is 14.8 Å². The molecule has 1 fully saturated rings. The number of phenols is 1. The molecule has 4 atom stereocenters. The standard InChI is InChI=1S/C30H30N2O10/c1-13(33)21-26(36)24(32(2)3)18-12-14-11-17-19(31-29(39)42-16-7-5-15(41-4)6-8-16)9-10-20(34)23(17)25(35)22(14)28(38)30(18,40)27(21)37/h5-10,14,18,24,34-35,37,40H,11-12H2,1-4H3,(H,31,39)/t14-,18-,24-,30+/m0/s1. The number of Topliss-reactive ketones (excluding diaryl/α,β-unsaturated/α-hetero) is 3. The molecule has 0 saturated heterocycles. The van der Waals surface area contributed by atoms with E-state index in [0.717, 1.165) is 6.92 Å². The zero-order valence-corrected chi connectivity index (χ0v) is 23.3. The third-order valence-corrected chi connectivity index (χ3v) is 8.22. The number of phenolic OH excluding ortho intramolecular Hbond substituents is 1. The van der Waals surface area contributed by atoms with Crippen LogP contribution in [-0.2, 0) is 20.8 Å². The average Bonchev–Trinajstić information content (AvgIpc) is 2.92. The minimum atomic E-state index is -2.66. The van der Waals surface area contributed by atoms with Crippen molar-refractivity contribution in [1.82, 2.24) is 4.90 Å². The number of hydrogen-bond acceptors (Lipinski definition) is 11. The normalized spacial score (nSPS) is 25.0. The summed E-state index contributed by atoms with van der Waals surface area (Å²) in [5, 5.41) is 47.3. The van der Waals surface area contributed by atoms with Crippen LogP contribution >= 0.6 is 0 Å². The van der Waals surface area contributed by atoms with E-state index in [-0.39, 0.29) is 35.4 Å². The van der Waals surface area contributed by atoms with Crippen LogP contribution in [0.1, 0.15) is 24.5 Å². The van der Waals surface area contributed by atoms with E-state index in [1.54, 1.807) is 26.2 Å². The minimum absolute atomic E-state index is 0.0258. The van der Waals surface area contributed by atoms with Crippen LogP contribution in [0.25, 0.3) is 5.76 Å². The van der Waals surface area contributed by atoms with Crippen molar-refractivity contribution >= 4 is 34.9 Å². The summed E-state index contributed by atoms with van der Waals surface area (Å²) < 4.78 is 10.4. The Morgan fingerprint density at radius 2 is 1.67 bits per heavy atom. The number of aliphatic hydroxyl groups excluding tert-OH is 2. The van der Waals surface area contributed by atoms with Gasteiger partial charge in [0.15, 0.2) is 17.2 Å². The van der Waals surface area contributed by atoms with Crippen LogP contribution in [0.15, 0.2) is 53.3 Å². The van der Waals surface area contributed by atoms with Gasteiger partial charge in [0, 0.05) is 17.2 Å². The summed E-state index contributed by atoms with van der Waals surface area (Å²) in [6.07, 6.45) is -0.873. The number of anilines is 1. The first-order valence-electron chi connectivity index (χ1n) is 13.1. The molecule has 5 rings (SSSR count). The van der Waals surface area contributed by atoms with Crippen LogP contribution in [0, 0.1) is 11.8 Å². The largest absolute Gasteiger partial charge is 0.508 e. The highest BCUT2D eigenvalue weighted by Gasteiger charge is 2.64. The molecule has 12 nitrogen and oxygen atoms in total. The Morgan fingerprint density at radius 3 is 2.26 bits per heavy atom. The molecule has 5 N–H and O–H groups in total. The summed E-state index contributed by atoms with van der Waals surface area (Å²) in [5.74, 6) is -5.80. The lowest BCUT2D eigenvalue weighted by atomic mass is 9.57. The SMILES string of the molecule is COc1ccc(OC(=O)Nc2ccc(O)c3c2C[C@H]2C[C@H]4[C@H](N(C)C)C(=O)C(C(C)=O)=C(O)[C@@]4(O)C(=O)C2=C3O)cc1. The molecule has 1 amide bonds. The lowest BCUT2D eigenvalue weighted by molar-refractivity contribution is -0.153. The molecule has 0 aromatic heterocycles. The van der Waals surface area contributed by atoms with Gasteiger partial charge in [0.25, 0.3) is 0 Å². The van der Waals surface area contributed by atoms with Gasteiger partial charge >= 0.3 is 6.09 Å². The number of ether oxygens (including phenoxy) is 2. The number of fused-ring (bicyclic) bond motifs is 3. The average molecular weight is 579 g/mol. The number of likely N-dealkylation sites (N-methyl/N-ethyl adjacent to an activating group) is 1. The Hall–Kier alpha value is -4.68. The number of nitrogens with one attached hydrogen (secondary N) is 1. The second-order valence-electron chi connectivity index (χ2n) is 10.8. The van der Waals surface area contributed by atoms with Gasteiger partial charge < -0.3 is 29.9 Å². The molecule has 12 heteroatoms. The lowest BCUT2D eigenvalue weighted by Gasteiger charge is -2.50. The van der Waals surface area contributed by atoms with E-state index in [2.05, 4.69) is 5.32 Å². The number of amides is 1. The maximum absolute atomic E-state index is 13.9. The second kappa shape index (κ2) is 10.3. The molecule has 0 radical (unpaired) electrons. The zero-order chi connectivity index (χ0) is 30.7. The number of aromatic hydroxyl groups is 1. The fraction of sp³-hybridized carbons (Fsp3) is 0.333. The van der Waals surface area contributed by atoms with Crippen molar-refractivity contribution in [3.63, 3.8) is 0 Å². The van der Waals surface area contributed by atoms with Crippen LogP contribution in [0.4, 0.5) is 10.5 Å². The van der Waals surface area contributed by atoms with Crippen molar-refractivity contribution in [2.24, 2.45) is 11.8 Å². The van der Waals surface area contributed by atoms with Gasteiger partial charge in [-0.1, -0.05) is 0 Å². The Balaban J connectivity index is 1.56. The van der Waals surface area contributed by atoms with E-state index < -0.39 is 69.8 Å². The highest BCUT2D eigenvalue weighted by Crippen LogP contribution is 2.53.